The third kappa shape index (κ3) is 6.90. The van der Waals surface area contributed by atoms with E-state index in [9.17, 15) is 9.59 Å². The van der Waals surface area contributed by atoms with Crippen molar-refractivity contribution in [3.63, 3.8) is 0 Å². The zero-order valence-electron chi connectivity index (χ0n) is 9.32. The molecule has 1 amide bonds. The highest BCUT2D eigenvalue weighted by Gasteiger charge is 2.12. The van der Waals surface area contributed by atoms with Gasteiger partial charge in [0.15, 0.2) is 0 Å². The van der Waals surface area contributed by atoms with E-state index in [0.717, 1.165) is 0 Å². The number of hydrogen-bond acceptors (Lipinski definition) is 3. The van der Waals surface area contributed by atoms with Crippen LogP contribution < -0.4 is 11.1 Å². The number of carboxylic acids is 1. The fraction of sp³-hybridized carbons (Fsp3) is 0.800. The van der Waals surface area contributed by atoms with Crippen LogP contribution in [0.3, 0.4) is 0 Å². The summed E-state index contributed by atoms with van der Waals surface area (Å²) < 4.78 is 0. The molecule has 0 aliphatic carbocycles. The van der Waals surface area contributed by atoms with Crippen LogP contribution in [-0.2, 0) is 9.59 Å². The fourth-order valence-electron chi connectivity index (χ4n) is 1.06. The molecule has 2 atom stereocenters. The summed E-state index contributed by atoms with van der Waals surface area (Å²) in [4.78, 5) is 21.6. The number of amides is 1. The van der Waals surface area contributed by atoms with Crippen molar-refractivity contribution < 1.29 is 14.7 Å². The maximum Gasteiger partial charge on any atom is 0.303 e. The third-order valence-electron chi connectivity index (χ3n) is 2.25. The molecule has 0 saturated heterocycles. The lowest BCUT2D eigenvalue weighted by Gasteiger charge is -2.14. The van der Waals surface area contributed by atoms with E-state index in [4.69, 9.17) is 10.8 Å². The maximum absolute atomic E-state index is 11.3. The van der Waals surface area contributed by atoms with Gasteiger partial charge in [-0.2, -0.15) is 0 Å². The first-order valence-corrected chi connectivity index (χ1v) is 5.22. The average Bonchev–Trinajstić information content (AvgIpc) is 2.21. The quantitative estimate of drug-likeness (QED) is 0.572. The molecule has 0 heterocycles. The Morgan fingerprint density at radius 1 is 1.47 bits per heavy atom. The van der Waals surface area contributed by atoms with Gasteiger partial charge < -0.3 is 16.2 Å². The highest BCUT2D eigenvalue weighted by molar-refractivity contribution is 5.81. The molecule has 0 spiro atoms. The Bertz CT molecular complexity index is 219. The second-order valence-corrected chi connectivity index (χ2v) is 3.80. The van der Waals surface area contributed by atoms with E-state index in [2.05, 4.69) is 5.32 Å². The monoisotopic (exact) mass is 216 g/mol. The number of nitrogens with one attached hydrogen (secondary N) is 1. The van der Waals surface area contributed by atoms with Crippen LogP contribution >= 0.6 is 0 Å². The molecule has 4 N–H and O–H groups in total. The van der Waals surface area contributed by atoms with Crippen LogP contribution in [0, 0.1) is 5.92 Å². The van der Waals surface area contributed by atoms with E-state index in [-0.39, 0.29) is 18.2 Å². The molecule has 1 unspecified atom stereocenters. The van der Waals surface area contributed by atoms with Crippen molar-refractivity contribution in [1.82, 2.24) is 5.32 Å². The summed E-state index contributed by atoms with van der Waals surface area (Å²) in [7, 11) is 0. The second-order valence-electron chi connectivity index (χ2n) is 3.80. The van der Waals surface area contributed by atoms with Crippen LogP contribution in [0.4, 0.5) is 0 Å². The molecule has 0 rings (SSSR count). The lowest BCUT2D eigenvalue weighted by atomic mass is 10.1. The Kier molecular flexibility index (Phi) is 6.70. The summed E-state index contributed by atoms with van der Waals surface area (Å²) in [6, 6.07) is -0.461. The largest absolute Gasteiger partial charge is 0.481 e. The van der Waals surface area contributed by atoms with Gasteiger partial charge in [-0.3, -0.25) is 9.59 Å². The predicted octanol–water partition coefficient (Wildman–Crippen LogP) is 0.341. The molecule has 0 saturated carbocycles. The summed E-state index contributed by atoms with van der Waals surface area (Å²) in [5.41, 5.74) is 5.52. The van der Waals surface area contributed by atoms with Crippen LogP contribution in [0.15, 0.2) is 0 Å². The normalized spacial score (nSPS) is 14.3. The molecule has 0 aromatic rings. The predicted molar refractivity (Wildman–Crippen MR) is 57.3 cm³/mol. The lowest BCUT2D eigenvalue weighted by molar-refractivity contribution is -0.137. The molecule has 88 valence electrons. The van der Waals surface area contributed by atoms with Gasteiger partial charge in [0, 0.05) is 13.0 Å². The van der Waals surface area contributed by atoms with Crippen molar-refractivity contribution in [3.05, 3.63) is 0 Å². The molecular weight excluding hydrogens is 196 g/mol. The topological polar surface area (TPSA) is 92.4 Å². The summed E-state index contributed by atoms with van der Waals surface area (Å²) >= 11 is 0. The van der Waals surface area contributed by atoms with Gasteiger partial charge in [0.2, 0.25) is 5.91 Å². The van der Waals surface area contributed by atoms with Gasteiger partial charge in [-0.05, 0) is 18.8 Å². The van der Waals surface area contributed by atoms with E-state index in [1.807, 2.05) is 13.8 Å². The van der Waals surface area contributed by atoms with Gasteiger partial charge in [-0.15, -0.1) is 0 Å². The first-order valence-electron chi connectivity index (χ1n) is 5.22. The number of hydrogen-bond donors (Lipinski definition) is 3. The fourth-order valence-corrected chi connectivity index (χ4v) is 1.06. The number of nitrogens with two attached hydrogens (primary N) is 1. The zero-order chi connectivity index (χ0) is 11.8. The van der Waals surface area contributed by atoms with Crippen LogP contribution in [-0.4, -0.2) is 29.6 Å². The van der Waals surface area contributed by atoms with E-state index < -0.39 is 12.0 Å². The van der Waals surface area contributed by atoms with Gasteiger partial charge >= 0.3 is 5.97 Å². The van der Waals surface area contributed by atoms with Crippen LogP contribution in [0.2, 0.25) is 0 Å². The minimum absolute atomic E-state index is 0.136. The lowest BCUT2D eigenvalue weighted by Crippen LogP contribution is -2.41. The van der Waals surface area contributed by atoms with E-state index in [1.54, 1.807) is 0 Å². The van der Waals surface area contributed by atoms with Crippen molar-refractivity contribution in [2.75, 3.05) is 6.54 Å². The highest BCUT2D eigenvalue weighted by atomic mass is 16.4. The van der Waals surface area contributed by atoms with Crippen molar-refractivity contribution in [2.24, 2.45) is 11.7 Å². The third-order valence-corrected chi connectivity index (χ3v) is 2.25. The van der Waals surface area contributed by atoms with Gasteiger partial charge in [-0.1, -0.05) is 13.8 Å². The molecule has 0 aliphatic rings. The zero-order valence-corrected chi connectivity index (χ0v) is 9.32. The van der Waals surface area contributed by atoms with Gasteiger partial charge in [0.05, 0.1) is 6.04 Å². The maximum atomic E-state index is 11.3. The number of carboxylic acid groups (broad SMARTS) is 1. The van der Waals surface area contributed by atoms with E-state index in [1.165, 1.54) is 0 Å². The molecule has 5 nitrogen and oxygen atoms in total. The number of rotatable bonds is 7. The molecule has 0 aromatic heterocycles. The standard InChI is InChI=1S/C10H20N2O3/c1-3-8(11)10(15)12-6-7(2)4-5-9(13)14/h7-8H,3-6,11H2,1-2H3,(H,12,15)(H,13,14)/t7?,8-/m1/s1. The van der Waals surface area contributed by atoms with Crippen molar-refractivity contribution >= 4 is 11.9 Å². The Balaban J connectivity index is 3.66. The minimum Gasteiger partial charge on any atom is -0.481 e. The smallest absolute Gasteiger partial charge is 0.303 e. The summed E-state index contributed by atoms with van der Waals surface area (Å²) in [5, 5.41) is 11.2. The number of carbonyl (C=O) groups is 2. The molecule has 0 aromatic carbocycles. The second kappa shape index (κ2) is 7.23. The molecular formula is C10H20N2O3. The highest BCUT2D eigenvalue weighted by Crippen LogP contribution is 2.03. The Labute approximate surface area is 90.0 Å². The van der Waals surface area contributed by atoms with Crippen LogP contribution in [0.5, 0.6) is 0 Å². The van der Waals surface area contributed by atoms with Gasteiger partial charge in [-0.25, -0.2) is 0 Å². The van der Waals surface area contributed by atoms with Crippen LogP contribution in [0.1, 0.15) is 33.1 Å². The van der Waals surface area contributed by atoms with Crippen molar-refractivity contribution in [2.45, 2.75) is 39.2 Å². The molecule has 0 aliphatic heterocycles. The molecule has 0 bridgehead atoms. The molecule has 0 fully saturated rings. The molecule has 0 radical (unpaired) electrons. The van der Waals surface area contributed by atoms with E-state index in [0.29, 0.717) is 19.4 Å². The van der Waals surface area contributed by atoms with E-state index >= 15 is 0 Å². The number of carbonyl (C=O) groups excluding carboxylic acids is 1. The number of aliphatic carboxylic acids is 1. The summed E-state index contributed by atoms with van der Waals surface area (Å²) in [6.07, 6.45) is 1.31. The van der Waals surface area contributed by atoms with Crippen molar-refractivity contribution in [3.8, 4) is 0 Å². The summed E-state index contributed by atoms with van der Waals surface area (Å²) in [5.74, 6) is -0.813. The first-order chi connectivity index (χ1) is 6.97. The first kappa shape index (κ1) is 13.9. The Hall–Kier alpha value is -1.10. The summed E-state index contributed by atoms with van der Waals surface area (Å²) in [6.45, 7) is 4.23. The minimum atomic E-state index is -0.807. The van der Waals surface area contributed by atoms with Crippen molar-refractivity contribution in [1.29, 1.82) is 0 Å². The van der Waals surface area contributed by atoms with Gasteiger partial charge in [0.1, 0.15) is 0 Å². The molecule has 15 heavy (non-hydrogen) atoms. The van der Waals surface area contributed by atoms with Gasteiger partial charge in [0.25, 0.3) is 0 Å². The average molecular weight is 216 g/mol. The molecule has 5 heteroatoms. The van der Waals surface area contributed by atoms with Crippen LogP contribution in [0.25, 0.3) is 0 Å². The SMILES string of the molecule is CC[C@@H](N)C(=O)NCC(C)CCC(=O)O. The Morgan fingerprint density at radius 3 is 2.53 bits per heavy atom. The Morgan fingerprint density at radius 2 is 2.07 bits per heavy atom.